The normalized spacial score (nSPS) is 23.5. The zero-order valence-electron chi connectivity index (χ0n) is 10.7. The maximum absolute atomic E-state index is 12.0. The first-order valence-corrected chi connectivity index (χ1v) is 6.34. The Balaban J connectivity index is 2.57. The predicted octanol–water partition coefficient (Wildman–Crippen LogP) is 0.0984. The molecule has 0 aromatic rings. The van der Waals surface area contributed by atoms with Gasteiger partial charge in [-0.3, -0.25) is 9.59 Å². The summed E-state index contributed by atoms with van der Waals surface area (Å²) in [6.07, 6.45) is 3.27. The SMILES string of the molecule is CCN(C(=O)CNC(C)=O)C1CCCC1CN. The minimum atomic E-state index is -0.170. The Morgan fingerprint density at radius 3 is 2.65 bits per heavy atom. The highest BCUT2D eigenvalue weighted by Gasteiger charge is 2.32. The van der Waals surface area contributed by atoms with Crippen LogP contribution in [0, 0.1) is 5.92 Å². The summed E-state index contributed by atoms with van der Waals surface area (Å²) in [7, 11) is 0. The van der Waals surface area contributed by atoms with E-state index in [1.165, 1.54) is 6.92 Å². The third-order valence-corrected chi connectivity index (χ3v) is 3.47. The molecule has 1 saturated carbocycles. The van der Waals surface area contributed by atoms with Crippen LogP contribution in [0.2, 0.25) is 0 Å². The maximum Gasteiger partial charge on any atom is 0.242 e. The monoisotopic (exact) mass is 241 g/mol. The van der Waals surface area contributed by atoms with E-state index in [0.717, 1.165) is 19.3 Å². The van der Waals surface area contributed by atoms with E-state index in [1.54, 1.807) is 0 Å². The molecule has 2 atom stereocenters. The Kier molecular flexibility index (Phi) is 5.41. The van der Waals surface area contributed by atoms with E-state index < -0.39 is 0 Å². The number of likely N-dealkylation sites (N-methyl/N-ethyl adjacent to an activating group) is 1. The lowest BCUT2D eigenvalue weighted by Crippen LogP contribution is -2.47. The zero-order valence-corrected chi connectivity index (χ0v) is 10.7. The van der Waals surface area contributed by atoms with Crippen molar-refractivity contribution in [2.24, 2.45) is 11.7 Å². The molecule has 17 heavy (non-hydrogen) atoms. The first-order chi connectivity index (χ1) is 8.10. The second-order valence-electron chi connectivity index (χ2n) is 4.58. The molecule has 2 unspecified atom stereocenters. The van der Waals surface area contributed by atoms with Crippen LogP contribution in [0.15, 0.2) is 0 Å². The molecule has 0 heterocycles. The summed E-state index contributed by atoms with van der Waals surface area (Å²) in [6.45, 7) is 4.80. The summed E-state index contributed by atoms with van der Waals surface area (Å²) >= 11 is 0. The lowest BCUT2D eigenvalue weighted by molar-refractivity contribution is -0.134. The Morgan fingerprint density at radius 1 is 1.41 bits per heavy atom. The Labute approximate surface area is 103 Å². The molecule has 0 bridgehead atoms. The molecule has 1 aliphatic carbocycles. The van der Waals surface area contributed by atoms with Crippen molar-refractivity contribution in [1.82, 2.24) is 10.2 Å². The van der Waals surface area contributed by atoms with Crippen molar-refractivity contribution in [3.05, 3.63) is 0 Å². The van der Waals surface area contributed by atoms with Crippen molar-refractivity contribution < 1.29 is 9.59 Å². The number of amides is 2. The van der Waals surface area contributed by atoms with Crippen LogP contribution in [0.3, 0.4) is 0 Å². The zero-order chi connectivity index (χ0) is 12.8. The van der Waals surface area contributed by atoms with Crippen molar-refractivity contribution in [2.45, 2.75) is 39.2 Å². The summed E-state index contributed by atoms with van der Waals surface area (Å²) in [4.78, 5) is 24.7. The minimum Gasteiger partial charge on any atom is -0.347 e. The van der Waals surface area contributed by atoms with Crippen LogP contribution < -0.4 is 11.1 Å². The van der Waals surface area contributed by atoms with E-state index in [1.807, 2.05) is 11.8 Å². The first-order valence-electron chi connectivity index (χ1n) is 6.34. The fourth-order valence-corrected chi connectivity index (χ4v) is 2.60. The summed E-state index contributed by atoms with van der Waals surface area (Å²) in [5, 5.41) is 2.56. The second kappa shape index (κ2) is 6.59. The number of hydrogen-bond acceptors (Lipinski definition) is 3. The Hall–Kier alpha value is -1.10. The van der Waals surface area contributed by atoms with E-state index in [0.29, 0.717) is 19.0 Å². The number of carbonyl (C=O) groups excluding carboxylic acids is 2. The molecule has 2 amide bonds. The van der Waals surface area contributed by atoms with Gasteiger partial charge in [-0.1, -0.05) is 6.42 Å². The van der Waals surface area contributed by atoms with Crippen LogP contribution >= 0.6 is 0 Å². The third kappa shape index (κ3) is 3.70. The van der Waals surface area contributed by atoms with E-state index in [-0.39, 0.29) is 24.4 Å². The molecule has 1 fully saturated rings. The molecule has 5 heteroatoms. The maximum atomic E-state index is 12.0. The number of nitrogens with two attached hydrogens (primary N) is 1. The van der Waals surface area contributed by atoms with Gasteiger partial charge in [0, 0.05) is 19.5 Å². The predicted molar refractivity (Wildman–Crippen MR) is 66.3 cm³/mol. The lowest BCUT2D eigenvalue weighted by atomic mass is 10.0. The quantitative estimate of drug-likeness (QED) is 0.716. The Bertz CT molecular complexity index is 281. The molecular formula is C12H23N3O2. The van der Waals surface area contributed by atoms with Crippen LogP contribution in [-0.2, 0) is 9.59 Å². The first kappa shape index (κ1) is 14.0. The highest BCUT2D eigenvalue weighted by molar-refractivity contribution is 5.83. The van der Waals surface area contributed by atoms with Gasteiger partial charge in [-0.25, -0.2) is 0 Å². The average molecular weight is 241 g/mol. The molecule has 98 valence electrons. The fourth-order valence-electron chi connectivity index (χ4n) is 2.60. The summed E-state index contributed by atoms with van der Waals surface area (Å²) in [6, 6.07) is 0.256. The van der Waals surface area contributed by atoms with Crippen molar-refractivity contribution in [3.63, 3.8) is 0 Å². The molecule has 0 saturated heterocycles. The standard InChI is InChI=1S/C12H23N3O2/c1-3-15(12(17)8-14-9(2)16)11-6-4-5-10(11)7-13/h10-11H,3-8,13H2,1-2H3,(H,14,16). The molecule has 5 nitrogen and oxygen atoms in total. The van der Waals surface area contributed by atoms with Crippen molar-refractivity contribution in [3.8, 4) is 0 Å². The molecule has 0 aromatic carbocycles. The number of nitrogens with one attached hydrogen (secondary N) is 1. The number of carbonyl (C=O) groups is 2. The van der Waals surface area contributed by atoms with Crippen molar-refractivity contribution in [2.75, 3.05) is 19.6 Å². The molecule has 3 N–H and O–H groups in total. The second-order valence-corrected chi connectivity index (χ2v) is 4.58. The van der Waals surface area contributed by atoms with Crippen LogP contribution in [0.5, 0.6) is 0 Å². The molecule has 0 spiro atoms. The van der Waals surface area contributed by atoms with Gasteiger partial charge in [0.05, 0.1) is 6.54 Å². The van der Waals surface area contributed by atoms with E-state index in [4.69, 9.17) is 5.73 Å². The number of hydrogen-bond donors (Lipinski definition) is 2. The average Bonchev–Trinajstić information content (AvgIpc) is 2.75. The molecule has 1 rings (SSSR count). The highest BCUT2D eigenvalue weighted by atomic mass is 16.2. The Morgan fingerprint density at radius 2 is 2.12 bits per heavy atom. The smallest absolute Gasteiger partial charge is 0.242 e. The third-order valence-electron chi connectivity index (χ3n) is 3.47. The van der Waals surface area contributed by atoms with Gasteiger partial charge in [-0.15, -0.1) is 0 Å². The van der Waals surface area contributed by atoms with Crippen molar-refractivity contribution in [1.29, 1.82) is 0 Å². The van der Waals surface area contributed by atoms with Crippen molar-refractivity contribution >= 4 is 11.8 Å². The molecule has 0 radical (unpaired) electrons. The summed E-state index contributed by atoms with van der Waals surface area (Å²) in [5.41, 5.74) is 5.73. The fraction of sp³-hybridized carbons (Fsp3) is 0.833. The molecule has 0 aliphatic heterocycles. The van der Waals surface area contributed by atoms with Gasteiger partial charge in [0.15, 0.2) is 0 Å². The lowest BCUT2D eigenvalue weighted by Gasteiger charge is -2.32. The summed E-state index contributed by atoms with van der Waals surface area (Å²) < 4.78 is 0. The van der Waals surface area contributed by atoms with E-state index in [2.05, 4.69) is 5.32 Å². The van der Waals surface area contributed by atoms with Crippen LogP contribution in [0.1, 0.15) is 33.1 Å². The van der Waals surface area contributed by atoms with Gasteiger partial charge >= 0.3 is 0 Å². The summed E-state index contributed by atoms with van der Waals surface area (Å²) in [5.74, 6) is 0.237. The van der Waals surface area contributed by atoms with Gasteiger partial charge in [0.1, 0.15) is 0 Å². The molecular weight excluding hydrogens is 218 g/mol. The van der Waals surface area contributed by atoms with Crippen LogP contribution in [-0.4, -0.2) is 42.4 Å². The van der Waals surface area contributed by atoms with Crippen LogP contribution in [0.25, 0.3) is 0 Å². The van der Waals surface area contributed by atoms with Gasteiger partial charge < -0.3 is 16.0 Å². The molecule has 1 aliphatic rings. The van der Waals surface area contributed by atoms with E-state index in [9.17, 15) is 9.59 Å². The number of nitrogens with zero attached hydrogens (tertiary/aromatic N) is 1. The van der Waals surface area contributed by atoms with Gasteiger partial charge in [-0.2, -0.15) is 0 Å². The van der Waals surface area contributed by atoms with E-state index >= 15 is 0 Å². The topological polar surface area (TPSA) is 75.4 Å². The highest BCUT2D eigenvalue weighted by Crippen LogP contribution is 2.29. The number of rotatable bonds is 5. The van der Waals surface area contributed by atoms with Crippen LogP contribution in [0.4, 0.5) is 0 Å². The van der Waals surface area contributed by atoms with Gasteiger partial charge in [0.2, 0.25) is 11.8 Å². The minimum absolute atomic E-state index is 0.00644. The largest absolute Gasteiger partial charge is 0.347 e. The van der Waals surface area contributed by atoms with Gasteiger partial charge in [-0.05, 0) is 32.2 Å². The van der Waals surface area contributed by atoms with Gasteiger partial charge in [0.25, 0.3) is 0 Å². The molecule has 0 aromatic heterocycles.